The van der Waals surface area contributed by atoms with Crippen molar-refractivity contribution in [3.05, 3.63) is 48.6 Å². The van der Waals surface area contributed by atoms with Crippen LogP contribution >= 0.6 is 0 Å². The standard InChI is InChI=1S/C68H125NO10/c1-3-5-7-9-11-13-14-32-36-40-44-48-52-56-64(73)77-57-53-49-45-41-37-34-31-29-27-25-23-21-19-17-15-16-18-20-22-24-26-28-30-33-35-39-43-47-51-55-63(72)69-60(61(71)54-50-46-42-38-12-10-8-6-4-2)59-78-68-67(76)66(75)65(74)62(58-70)79-68/h13-15,17,21,23,50,54,60-62,65-68,70-71,74-76H,3-12,16,18-20,22,24-49,51-53,55-59H2,1-2H3,(H,69,72)/b14-13-,17-15-,23-21-,54-50+. The Morgan fingerprint density at radius 3 is 1.30 bits per heavy atom. The Bertz CT molecular complexity index is 1450. The molecule has 0 saturated carbocycles. The number of amides is 1. The molecule has 1 aliphatic heterocycles. The molecule has 0 spiro atoms. The van der Waals surface area contributed by atoms with E-state index in [-0.39, 0.29) is 18.5 Å². The Labute approximate surface area is 485 Å². The smallest absolute Gasteiger partial charge is 0.305 e. The summed E-state index contributed by atoms with van der Waals surface area (Å²) in [5.41, 5.74) is 0. The summed E-state index contributed by atoms with van der Waals surface area (Å²) in [6.07, 6.45) is 63.9. The van der Waals surface area contributed by atoms with Crippen LogP contribution < -0.4 is 5.32 Å². The first-order chi connectivity index (χ1) is 38.7. The summed E-state index contributed by atoms with van der Waals surface area (Å²) >= 11 is 0. The third-order valence-corrected chi connectivity index (χ3v) is 15.7. The molecule has 1 rings (SSSR count). The van der Waals surface area contributed by atoms with Gasteiger partial charge in [-0.1, -0.05) is 255 Å². The van der Waals surface area contributed by atoms with Crippen LogP contribution in [0, 0.1) is 0 Å². The Morgan fingerprint density at radius 2 is 0.848 bits per heavy atom. The highest BCUT2D eigenvalue weighted by Gasteiger charge is 2.44. The Kier molecular flexibility index (Phi) is 54.3. The number of aliphatic hydroxyl groups excluding tert-OH is 5. The molecule has 79 heavy (non-hydrogen) atoms. The molecule has 1 fully saturated rings. The van der Waals surface area contributed by atoms with E-state index in [0.29, 0.717) is 19.4 Å². The predicted octanol–water partition coefficient (Wildman–Crippen LogP) is 16.4. The highest BCUT2D eigenvalue weighted by Crippen LogP contribution is 2.23. The van der Waals surface area contributed by atoms with Gasteiger partial charge in [0.2, 0.25) is 5.91 Å². The monoisotopic (exact) mass is 1120 g/mol. The van der Waals surface area contributed by atoms with E-state index >= 15 is 0 Å². The fraction of sp³-hybridized carbons (Fsp3) is 0.853. The lowest BCUT2D eigenvalue weighted by molar-refractivity contribution is -0.302. The molecule has 1 saturated heterocycles. The van der Waals surface area contributed by atoms with E-state index in [9.17, 15) is 35.1 Å². The maximum Gasteiger partial charge on any atom is 0.305 e. The van der Waals surface area contributed by atoms with Gasteiger partial charge in [0.05, 0.1) is 32.0 Å². The zero-order chi connectivity index (χ0) is 57.3. The molecule has 0 aliphatic carbocycles. The van der Waals surface area contributed by atoms with E-state index in [1.54, 1.807) is 6.08 Å². The number of allylic oxidation sites excluding steroid dienone is 7. The molecular weight excluding hydrogens is 991 g/mol. The maximum absolute atomic E-state index is 13.0. The number of nitrogens with one attached hydrogen (secondary N) is 1. The highest BCUT2D eigenvalue weighted by molar-refractivity contribution is 5.76. The van der Waals surface area contributed by atoms with Gasteiger partial charge in [0, 0.05) is 12.8 Å². The van der Waals surface area contributed by atoms with E-state index in [2.05, 4.69) is 55.6 Å². The van der Waals surface area contributed by atoms with E-state index in [4.69, 9.17) is 14.2 Å². The second-order valence-corrected chi connectivity index (χ2v) is 23.2. The maximum atomic E-state index is 13.0. The fourth-order valence-corrected chi connectivity index (χ4v) is 10.3. The zero-order valence-corrected chi connectivity index (χ0v) is 51.1. The third-order valence-electron chi connectivity index (χ3n) is 15.7. The summed E-state index contributed by atoms with van der Waals surface area (Å²) < 4.78 is 16.7. The molecule has 7 unspecified atom stereocenters. The van der Waals surface area contributed by atoms with Gasteiger partial charge in [-0.2, -0.15) is 0 Å². The molecule has 1 aliphatic rings. The normalized spacial score (nSPS) is 18.7. The SMILES string of the molecule is CCCCCC/C=C\CCCCCCCC(=O)OCCCCCCCCCCC/C=C\C/C=C\CCCCCCCCCCCCCCCC(=O)NC(COC1OC(CO)C(O)C(O)C1O)C(O)/C=C/CCCCCCCCC. The van der Waals surface area contributed by atoms with Gasteiger partial charge < -0.3 is 45.1 Å². The van der Waals surface area contributed by atoms with Crippen LogP contribution in [0.25, 0.3) is 0 Å². The molecule has 11 nitrogen and oxygen atoms in total. The first kappa shape index (κ1) is 74.6. The van der Waals surface area contributed by atoms with Crippen LogP contribution in [0.1, 0.15) is 309 Å². The molecule has 11 heteroatoms. The van der Waals surface area contributed by atoms with Crippen LogP contribution in [-0.2, 0) is 23.8 Å². The third kappa shape index (κ3) is 46.8. The number of ether oxygens (including phenoxy) is 3. The minimum Gasteiger partial charge on any atom is -0.466 e. The van der Waals surface area contributed by atoms with E-state index in [0.717, 1.165) is 64.2 Å². The van der Waals surface area contributed by atoms with Crippen molar-refractivity contribution in [2.24, 2.45) is 0 Å². The van der Waals surface area contributed by atoms with Crippen LogP contribution in [0.4, 0.5) is 0 Å². The summed E-state index contributed by atoms with van der Waals surface area (Å²) in [7, 11) is 0. The Morgan fingerprint density at radius 1 is 0.468 bits per heavy atom. The second kappa shape index (κ2) is 57.4. The number of hydrogen-bond acceptors (Lipinski definition) is 10. The molecule has 0 radical (unpaired) electrons. The number of unbranched alkanes of at least 4 members (excludes halogenated alkanes) is 38. The van der Waals surface area contributed by atoms with Gasteiger partial charge in [0.1, 0.15) is 24.4 Å². The number of rotatable bonds is 58. The van der Waals surface area contributed by atoms with Crippen molar-refractivity contribution in [3.63, 3.8) is 0 Å². The summed E-state index contributed by atoms with van der Waals surface area (Å²) in [5, 5.41) is 54.3. The van der Waals surface area contributed by atoms with E-state index < -0.39 is 49.5 Å². The van der Waals surface area contributed by atoms with Crippen molar-refractivity contribution in [2.45, 2.75) is 352 Å². The summed E-state index contributed by atoms with van der Waals surface area (Å²) in [5.74, 6) is -0.191. The van der Waals surface area contributed by atoms with E-state index in [1.165, 1.54) is 218 Å². The van der Waals surface area contributed by atoms with Crippen LogP contribution in [0.15, 0.2) is 48.6 Å². The molecule has 6 N–H and O–H groups in total. The average Bonchev–Trinajstić information content (AvgIpc) is 3.45. The van der Waals surface area contributed by atoms with Crippen LogP contribution in [-0.4, -0.2) is 100 Å². The predicted molar refractivity (Wildman–Crippen MR) is 329 cm³/mol. The van der Waals surface area contributed by atoms with Gasteiger partial charge >= 0.3 is 5.97 Å². The number of aliphatic hydroxyl groups is 5. The summed E-state index contributed by atoms with van der Waals surface area (Å²) in [6.45, 7) is 4.31. The highest BCUT2D eigenvalue weighted by atomic mass is 16.7. The largest absolute Gasteiger partial charge is 0.466 e. The van der Waals surface area contributed by atoms with Crippen molar-refractivity contribution >= 4 is 11.9 Å². The van der Waals surface area contributed by atoms with Crippen LogP contribution in [0.2, 0.25) is 0 Å². The van der Waals surface area contributed by atoms with Gasteiger partial charge in [0.25, 0.3) is 0 Å². The van der Waals surface area contributed by atoms with Crippen molar-refractivity contribution in [2.75, 3.05) is 19.8 Å². The number of carbonyl (C=O) groups excluding carboxylic acids is 2. The lowest BCUT2D eigenvalue weighted by Crippen LogP contribution is -2.60. The second-order valence-electron chi connectivity index (χ2n) is 23.2. The van der Waals surface area contributed by atoms with Crippen LogP contribution in [0.5, 0.6) is 0 Å². The van der Waals surface area contributed by atoms with Crippen LogP contribution in [0.3, 0.4) is 0 Å². The fourth-order valence-electron chi connectivity index (χ4n) is 10.3. The minimum absolute atomic E-state index is 0.00626. The van der Waals surface area contributed by atoms with Gasteiger partial charge in [-0.25, -0.2) is 0 Å². The van der Waals surface area contributed by atoms with Gasteiger partial charge in [-0.15, -0.1) is 0 Å². The van der Waals surface area contributed by atoms with Crippen molar-refractivity contribution in [1.29, 1.82) is 0 Å². The van der Waals surface area contributed by atoms with Gasteiger partial charge in [0.15, 0.2) is 6.29 Å². The van der Waals surface area contributed by atoms with E-state index in [1.807, 2.05) is 6.08 Å². The lowest BCUT2D eigenvalue weighted by Gasteiger charge is -2.40. The Hall–Kier alpha value is -2.38. The topological polar surface area (TPSA) is 175 Å². The van der Waals surface area contributed by atoms with Crippen molar-refractivity contribution in [1.82, 2.24) is 5.32 Å². The van der Waals surface area contributed by atoms with Gasteiger partial charge in [-0.05, 0) is 89.9 Å². The number of hydrogen-bond donors (Lipinski definition) is 6. The van der Waals surface area contributed by atoms with Crippen molar-refractivity contribution < 1.29 is 49.3 Å². The van der Waals surface area contributed by atoms with Crippen molar-refractivity contribution in [3.8, 4) is 0 Å². The number of esters is 1. The molecule has 0 aromatic rings. The first-order valence-corrected chi connectivity index (χ1v) is 33.4. The summed E-state index contributed by atoms with van der Waals surface area (Å²) in [6, 6.07) is -0.810. The molecule has 462 valence electrons. The molecule has 7 atom stereocenters. The molecule has 0 aromatic heterocycles. The lowest BCUT2D eigenvalue weighted by atomic mass is 9.99. The quantitative estimate of drug-likeness (QED) is 0.0195. The first-order valence-electron chi connectivity index (χ1n) is 33.4. The minimum atomic E-state index is -1.57. The molecule has 1 heterocycles. The summed E-state index contributed by atoms with van der Waals surface area (Å²) in [4.78, 5) is 25.0. The van der Waals surface area contributed by atoms with Gasteiger partial charge in [-0.3, -0.25) is 9.59 Å². The Balaban J connectivity index is 1.96. The molecule has 0 aromatic carbocycles. The molecule has 1 amide bonds. The molecular formula is C68H125NO10. The number of carbonyl (C=O) groups is 2. The molecule has 0 bridgehead atoms. The zero-order valence-electron chi connectivity index (χ0n) is 51.1. The average molecular weight is 1120 g/mol.